The Morgan fingerprint density at radius 3 is 2.78 bits per heavy atom. The number of rotatable bonds is 4. The van der Waals surface area contributed by atoms with Crippen LogP contribution in [0.4, 0.5) is 8.78 Å². The minimum atomic E-state index is -0.656. The molecule has 1 N–H and O–H groups in total. The fraction of sp³-hybridized carbons (Fsp3) is 0.238. The van der Waals surface area contributed by atoms with Crippen molar-refractivity contribution in [1.82, 2.24) is 15.1 Å². The van der Waals surface area contributed by atoms with Gasteiger partial charge in [-0.05, 0) is 37.0 Å². The zero-order valence-corrected chi connectivity index (χ0v) is 14.7. The number of hydrogen-bond donors (Lipinski definition) is 1. The Balaban J connectivity index is 1.56. The molecule has 1 unspecified atom stereocenters. The molecule has 0 radical (unpaired) electrons. The van der Waals surface area contributed by atoms with Crippen LogP contribution in [0, 0.1) is 11.6 Å². The number of carbonyl (C=O) groups is 1. The zero-order chi connectivity index (χ0) is 18.8. The van der Waals surface area contributed by atoms with Gasteiger partial charge in [-0.25, -0.2) is 13.5 Å². The third kappa shape index (κ3) is 3.60. The van der Waals surface area contributed by atoms with Crippen LogP contribution < -0.4 is 5.32 Å². The highest BCUT2D eigenvalue weighted by Crippen LogP contribution is 2.31. The molecule has 1 aliphatic carbocycles. The number of benzene rings is 2. The monoisotopic (exact) mass is 367 g/mol. The first-order valence-corrected chi connectivity index (χ1v) is 8.97. The van der Waals surface area contributed by atoms with E-state index in [0.717, 1.165) is 42.1 Å². The lowest BCUT2D eigenvalue weighted by Crippen LogP contribution is -2.32. The minimum absolute atomic E-state index is 0.0558. The fourth-order valence-corrected chi connectivity index (χ4v) is 3.59. The van der Waals surface area contributed by atoms with Crippen molar-refractivity contribution in [2.45, 2.75) is 31.7 Å². The molecule has 1 amide bonds. The van der Waals surface area contributed by atoms with Crippen LogP contribution in [-0.4, -0.2) is 15.7 Å². The van der Waals surface area contributed by atoms with E-state index in [1.165, 1.54) is 16.8 Å². The molecule has 0 saturated heterocycles. The first kappa shape index (κ1) is 17.4. The van der Waals surface area contributed by atoms with Crippen LogP contribution >= 0.6 is 0 Å². The third-order valence-electron chi connectivity index (χ3n) is 4.86. The smallest absolute Gasteiger partial charge is 0.224 e. The molecule has 4 nitrogen and oxygen atoms in total. The number of hydrogen-bond acceptors (Lipinski definition) is 2. The van der Waals surface area contributed by atoms with E-state index >= 15 is 0 Å². The largest absolute Gasteiger partial charge is 0.349 e. The highest BCUT2D eigenvalue weighted by molar-refractivity contribution is 5.79. The maximum atomic E-state index is 14.2. The topological polar surface area (TPSA) is 46.9 Å². The summed E-state index contributed by atoms with van der Waals surface area (Å²) in [6.45, 7) is 0. The molecule has 138 valence electrons. The highest BCUT2D eigenvalue weighted by Gasteiger charge is 2.26. The van der Waals surface area contributed by atoms with Crippen molar-refractivity contribution < 1.29 is 13.6 Å². The molecule has 1 atom stereocenters. The standard InChI is InChI=1S/C21H19F2N3O/c22-15-9-10-20(17(23)12-15)26-19-8-4-7-18(16(19)13-24-26)25-21(27)11-14-5-2-1-3-6-14/h1-3,5-6,9-10,12-13,18H,4,7-8,11H2,(H,25,27). The van der Waals surface area contributed by atoms with Crippen molar-refractivity contribution in [2.75, 3.05) is 0 Å². The second kappa shape index (κ2) is 7.31. The lowest BCUT2D eigenvalue weighted by Gasteiger charge is -2.24. The van der Waals surface area contributed by atoms with Crippen LogP contribution in [0.1, 0.15) is 35.7 Å². The van der Waals surface area contributed by atoms with Gasteiger partial charge in [0.1, 0.15) is 11.5 Å². The van der Waals surface area contributed by atoms with E-state index in [-0.39, 0.29) is 17.6 Å². The zero-order valence-electron chi connectivity index (χ0n) is 14.7. The van der Waals surface area contributed by atoms with Gasteiger partial charge in [-0.15, -0.1) is 0 Å². The van der Waals surface area contributed by atoms with Gasteiger partial charge in [0.2, 0.25) is 5.91 Å². The van der Waals surface area contributed by atoms with Gasteiger partial charge in [-0.3, -0.25) is 4.79 Å². The molecule has 0 fully saturated rings. The summed E-state index contributed by atoms with van der Waals surface area (Å²) in [7, 11) is 0. The molecule has 0 bridgehead atoms. The molecule has 0 saturated carbocycles. The predicted octanol–water partition coefficient (Wildman–Crippen LogP) is 3.89. The Bertz CT molecular complexity index is 969. The number of amides is 1. The normalized spacial score (nSPS) is 16.0. The number of aromatic nitrogens is 2. The van der Waals surface area contributed by atoms with Crippen LogP contribution in [0.5, 0.6) is 0 Å². The second-order valence-electron chi connectivity index (χ2n) is 6.73. The van der Waals surface area contributed by atoms with Crippen molar-refractivity contribution in [3.8, 4) is 5.69 Å². The van der Waals surface area contributed by atoms with Gasteiger partial charge in [0.25, 0.3) is 0 Å². The summed E-state index contributed by atoms with van der Waals surface area (Å²) in [5.41, 5.74) is 2.92. The molecule has 2 aromatic carbocycles. The van der Waals surface area contributed by atoms with Crippen molar-refractivity contribution in [2.24, 2.45) is 0 Å². The summed E-state index contributed by atoms with van der Waals surface area (Å²) in [6.07, 6.45) is 4.39. The fourth-order valence-electron chi connectivity index (χ4n) is 3.59. The summed E-state index contributed by atoms with van der Waals surface area (Å²) in [5, 5.41) is 7.37. The number of nitrogens with one attached hydrogen (secondary N) is 1. The molecule has 0 aliphatic heterocycles. The summed E-state index contributed by atoms with van der Waals surface area (Å²) in [5.74, 6) is -1.33. The number of nitrogens with zero attached hydrogens (tertiary/aromatic N) is 2. The van der Waals surface area contributed by atoms with Gasteiger partial charge >= 0.3 is 0 Å². The van der Waals surface area contributed by atoms with Crippen molar-refractivity contribution in [3.63, 3.8) is 0 Å². The van der Waals surface area contributed by atoms with Gasteiger partial charge in [-0.2, -0.15) is 5.10 Å². The average molecular weight is 367 g/mol. The number of fused-ring (bicyclic) bond motifs is 1. The maximum absolute atomic E-state index is 14.2. The third-order valence-corrected chi connectivity index (χ3v) is 4.86. The van der Waals surface area contributed by atoms with Gasteiger partial charge in [0.05, 0.1) is 18.7 Å². The summed E-state index contributed by atoms with van der Waals surface area (Å²) < 4.78 is 28.9. The Labute approximate surface area is 155 Å². The Kier molecular flexibility index (Phi) is 4.71. The molecular weight excluding hydrogens is 348 g/mol. The van der Waals surface area contributed by atoms with Gasteiger partial charge in [0, 0.05) is 17.3 Å². The van der Waals surface area contributed by atoms with Crippen LogP contribution in [0.3, 0.4) is 0 Å². The summed E-state index contributed by atoms with van der Waals surface area (Å²) in [4.78, 5) is 12.4. The van der Waals surface area contributed by atoms with Crippen molar-refractivity contribution >= 4 is 5.91 Å². The quantitative estimate of drug-likeness (QED) is 0.761. The molecule has 1 heterocycles. The number of carbonyl (C=O) groups excluding carboxylic acids is 1. The highest BCUT2D eigenvalue weighted by atomic mass is 19.1. The van der Waals surface area contributed by atoms with E-state index in [0.29, 0.717) is 6.42 Å². The first-order chi connectivity index (χ1) is 13.1. The molecule has 27 heavy (non-hydrogen) atoms. The SMILES string of the molecule is O=C(Cc1ccccc1)NC1CCCc2c1cnn2-c1ccc(F)cc1F. The lowest BCUT2D eigenvalue weighted by atomic mass is 9.92. The van der Waals surface area contributed by atoms with Crippen LogP contribution in [-0.2, 0) is 17.6 Å². The van der Waals surface area contributed by atoms with E-state index in [9.17, 15) is 13.6 Å². The molecule has 1 aromatic heterocycles. The van der Waals surface area contributed by atoms with E-state index in [1.807, 2.05) is 30.3 Å². The van der Waals surface area contributed by atoms with Gasteiger partial charge < -0.3 is 5.32 Å². The minimum Gasteiger partial charge on any atom is -0.349 e. The van der Waals surface area contributed by atoms with E-state index in [4.69, 9.17) is 0 Å². The molecule has 1 aliphatic rings. The van der Waals surface area contributed by atoms with E-state index in [2.05, 4.69) is 10.4 Å². The van der Waals surface area contributed by atoms with Gasteiger partial charge in [0.15, 0.2) is 5.82 Å². The molecular formula is C21H19F2N3O. The van der Waals surface area contributed by atoms with Crippen LogP contribution in [0.25, 0.3) is 5.69 Å². The van der Waals surface area contributed by atoms with E-state index in [1.54, 1.807) is 6.20 Å². The Morgan fingerprint density at radius 1 is 1.19 bits per heavy atom. The van der Waals surface area contributed by atoms with E-state index < -0.39 is 11.6 Å². The average Bonchev–Trinajstić information content (AvgIpc) is 3.07. The van der Waals surface area contributed by atoms with Crippen molar-refractivity contribution in [1.29, 1.82) is 0 Å². The second-order valence-corrected chi connectivity index (χ2v) is 6.73. The van der Waals surface area contributed by atoms with Crippen LogP contribution in [0.2, 0.25) is 0 Å². The summed E-state index contributed by atoms with van der Waals surface area (Å²) in [6, 6.07) is 12.9. The van der Waals surface area contributed by atoms with Crippen molar-refractivity contribution in [3.05, 3.63) is 83.2 Å². The van der Waals surface area contributed by atoms with Gasteiger partial charge in [-0.1, -0.05) is 30.3 Å². The molecule has 0 spiro atoms. The lowest BCUT2D eigenvalue weighted by molar-refractivity contribution is -0.121. The Morgan fingerprint density at radius 2 is 2.00 bits per heavy atom. The predicted molar refractivity (Wildman–Crippen MR) is 97.4 cm³/mol. The number of halogens is 2. The van der Waals surface area contributed by atoms with Crippen LogP contribution in [0.15, 0.2) is 54.7 Å². The maximum Gasteiger partial charge on any atom is 0.224 e. The molecule has 6 heteroatoms. The molecule has 4 rings (SSSR count). The first-order valence-electron chi connectivity index (χ1n) is 8.97. The summed E-state index contributed by atoms with van der Waals surface area (Å²) >= 11 is 0. The molecule has 3 aromatic rings. The Hall–Kier alpha value is -3.02.